The van der Waals surface area contributed by atoms with Crippen LogP contribution in [0.4, 0.5) is 11.4 Å². The van der Waals surface area contributed by atoms with E-state index in [1.807, 2.05) is 54.6 Å². The standard InChI is InChI=1S/C21H20N2O3S/c24-20(25)14-21(22-18-7-3-4-8-19(18)23-21)27-12-11-26-17-10-9-15-5-1-2-6-16(15)13-17/h1-10,13,22-23H,11-12,14H2,(H,24,25). The van der Waals surface area contributed by atoms with Crippen molar-refractivity contribution in [1.82, 2.24) is 0 Å². The van der Waals surface area contributed by atoms with Gasteiger partial charge in [0.05, 0.1) is 24.4 Å². The van der Waals surface area contributed by atoms with E-state index < -0.39 is 11.0 Å². The Morgan fingerprint density at radius 2 is 1.63 bits per heavy atom. The molecule has 0 saturated heterocycles. The highest BCUT2D eigenvalue weighted by atomic mass is 32.2. The first kappa shape index (κ1) is 17.5. The number of hydrogen-bond donors (Lipinski definition) is 3. The van der Waals surface area contributed by atoms with Gasteiger partial charge in [0.1, 0.15) is 5.75 Å². The Labute approximate surface area is 161 Å². The average Bonchev–Trinajstić information content (AvgIpc) is 3.02. The number of carbonyl (C=O) groups is 1. The molecule has 0 radical (unpaired) electrons. The van der Waals surface area contributed by atoms with Gasteiger partial charge in [0.2, 0.25) is 0 Å². The predicted octanol–water partition coefficient (Wildman–Crippen LogP) is 4.62. The molecule has 3 aromatic rings. The lowest BCUT2D eigenvalue weighted by atomic mass is 10.1. The number of fused-ring (bicyclic) bond motifs is 2. The van der Waals surface area contributed by atoms with Crippen LogP contribution >= 0.6 is 11.8 Å². The first-order chi connectivity index (χ1) is 13.1. The molecular formula is C21H20N2O3S. The van der Waals surface area contributed by atoms with Crippen LogP contribution in [0.5, 0.6) is 5.75 Å². The monoisotopic (exact) mass is 380 g/mol. The maximum absolute atomic E-state index is 11.4. The van der Waals surface area contributed by atoms with Gasteiger partial charge in [-0.1, -0.05) is 42.5 Å². The Morgan fingerprint density at radius 1 is 0.963 bits per heavy atom. The summed E-state index contributed by atoms with van der Waals surface area (Å²) >= 11 is 1.51. The van der Waals surface area contributed by atoms with Crippen molar-refractivity contribution in [2.45, 2.75) is 11.4 Å². The minimum atomic E-state index is -0.856. The van der Waals surface area contributed by atoms with E-state index in [-0.39, 0.29) is 6.42 Å². The lowest BCUT2D eigenvalue weighted by Gasteiger charge is -2.28. The van der Waals surface area contributed by atoms with Crippen molar-refractivity contribution < 1.29 is 14.6 Å². The van der Waals surface area contributed by atoms with Crippen LogP contribution < -0.4 is 15.4 Å². The van der Waals surface area contributed by atoms with Crippen molar-refractivity contribution in [3.8, 4) is 5.75 Å². The lowest BCUT2D eigenvalue weighted by Crippen LogP contribution is -2.41. The molecule has 138 valence electrons. The molecule has 27 heavy (non-hydrogen) atoms. The van der Waals surface area contributed by atoms with E-state index in [0.29, 0.717) is 12.4 Å². The van der Waals surface area contributed by atoms with Gasteiger partial charge >= 0.3 is 5.97 Å². The highest BCUT2D eigenvalue weighted by molar-refractivity contribution is 8.00. The summed E-state index contributed by atoms with van der Waals surface area (Å²) in [5.41, 5.74) is 1.84. The molecule has 0 spiro atoms. The molecule has 3 aromatic carbocycles. The summed E-state index contributed by atoms with van der Waals surface area (Å²) < 4.78 is 5.88. The van der Waals surface area contributed by atoms with E-state index in [0.717, 1.165) is 22.5 Å². The summed E-state index contributed by atoms with van der Waals surface area (Å²) in [5, 5.41) is 18.3. The van der Waals surface area contributed by atoms with Gasteiger partial charge in [-0.2, -0.15) is 0 Å². The number of benzene rings is 3. The molecule has 4 rings (SSSR count). The van der Waals surface area contributed by atoms with E-state index in [9.17, 15) is 9.90 Å². The SMILES string of the molecule is O=C(O)CC1(SCCOc2ccc3ccccc3c2)Nc2ccccc2N1. The largest absolute Gasteiger partial charge is 0.493 e. The maximum atomic E-state index is 11.4. The van der Waals surface area contributed by atoms with Gasteiger partial charge in [-0.05, 0) is 35.0 Å². The highest BCUT2D eigenvalue weighted by Crippen LogP contribution is 2.41. The fourth-order valence-corrected chi connectivity index (χ4v) is 4.33. The molecule has 3 N–H and O–H groups in total. The molecule has 0 aliphatic carbocycles. The second-order valence-corrected chi connectivity index (χ2v) is 7.79. The molecule has 1 aliphatic heterocycles. The second-order valence-electron chi connectivity index (χ2n) is 6.40. The lowest BCUT2D eigenvalue weighted by molar-refractivity contribution is -0.137. The van der Waals surface area contributed by atoms with Crippen molar-refractivity contribution in [3.63, 3.8) is 0 Å². The molecule has 0 amide bonds. The maximum Gasteiger partial charge on any atom is 0.308 e. The van der Waals surface area contributed by atoms with E-state index in [4.69, 9.17) is 4.74 Å². The van der Waals surface area contributed by atoms with Crippen LogP contribution in [-0.2, 0) is 4.79 Å². The van der Waals surface area contributed by atoms with Crippen LogP contribution in [0.1, 0.15) is 6.42 Å². The van der Waals surface area contributed by atoms with Crippen LogP contribution in [0.3, 0.4) is 0 Å². The number of hydrogen-bond acceptors (Lipinski definition) is 5. The molecule has 5 nitrogen and oxygen atoms in total. The molecule has 0 atom stereocenters. The Hall–Kier alpha value is -2.86. The number of carboxylic acids is 1. The van der Waals surface area contributed by atoms with Gasteiger partial charge in [0.15, 0.2) is 4.99 Å². The predicted molar refractivity (Wildman–Crippen MR) is 111 cm³/mol. The summed E-state index contributed by atoms with van der Waals surface area (Å²) in [4.78, 5) is 10.6. The molecule has 0 saturated carbocycles. The van der Waals surface area contributed by atoms with Crippen LogP contribution in [-0.4, -0.2) is 28.4 Å². The van der Waals surface area contributed by atoms with Gasteiger partial charge in [0, 0.05) is 5.75 Å². The average molecular weight is 380 g/mol. The van der Waals surface area contributed by atoms with Crippen molar-refractivity contribution in [1.29, 1.82) is 0 Å². The van der Waals surface area contributed by atoms with Gasteiger partial charge in [-0.25, -0.2) is 0 Å². The van der Waals surface area contributed by atoms with Gasteiger partial charge < -0.3 is 20.5 Å². The molecule has 6 heteroatoms. The van der Waals surface area contributed by atoms with Crippen LogP contribution in [0, 0.1) is 0 Å². The van der Waals surface area contributed by atoms with Crippen LogP contribution in [0.15, 0.2) is 66.7 Å². The summed E-state index contributed by atoms with van der Waals surface area (Å²) in [6.45, 7) is 0.490. The molecule has 0 unspecified atom stereocenters. The van der Waals surface area contributed by atoms with Gasteiger partial charge in [-0.3, -0.25) is 4.79 Å². The minimum absolute atomic E-state index is 0.0394. The Bertz CT molecular complexity index is 951. The van der Waals surface area contributed by atoms with Crippen molar-refractivity contribution in [2.75, 3.05) is 23.0 Å². The topological polar surface area (TPSA) is 70.6 Å². The zero-order chi connectivity index (χ0) is 18.7. The third kappa shape index (κ3) is 3.95. The number of ether oxygens (including phenoxy) is 1. The van der Waals surface area contributed by atoms with Gasteiger partial charge in [-0.15, -0.1) is 11.8 Å². The Balaban J connectivity index is 1.38. The van der Waals surface area contributed by atoms with Gasteiger partial charge in [0.25, 0.3) is 0 Å². The number of aliphatic carboxylic acids is 1. The summed E-state index contributed by atoms with van der Waals surface area (Å²) in [7, 11) is 0. The zero-order valence-corrected chi connectivity index (χ0v) is 15.5. The molecule has 0 bridgehead atoms. The van der Waals surface area contributed by atoms with E-state index >= 15 is 0 Å². The molecular weight excluding hydrogens is 360 g/mol. The third-order valence-corrected chi connectivity index (χ3v) is 5.63. The molecule has 1 aliphatic rings. The number of para-hydroxylation sites is 2. The van der Waals surface area contributed by atoms with E-state index in [1.54, 1.807) is 0 Å². The normalized spacial score (nSPS) is 14.2. The smallest absolute Gasteiger partial charge is 0.308 e. The summed E-state index contributed by atoms with van der Waals surface area (Å²) in [6, 6.07) is 21.9. The fourth-order valence-electron chi connectivity index (χ4n) is 3.22. The molecule has 1 heterocycles. The number of nitrogens with one attached hydrogen (secondary N) is 2. The first-order valence-electron chi connectivity index (χ1n) is 8.76. The third-order valence-electron chi connectivity index (χ3n) is 4.42. The van der Waals surface area contributed by atoms with E-state index in [1.165, 1.54) is 17.1 Å². The number of rotatable bonds is 7. The Kier molecular flexibility index (Phi) is 4.81. The van der Waals surface area contributed by atoms with Crippen molar-refractivity contribution in [2.24, 2.45) is 0 Å². The van der Waals surface area contributed by atoms with Crippen molar-refractivity contribution >= 4 is 39.9 Å². The van der Waals surface area contributed by atoms with Crippen LogP contribution in [0.25, 0.3) is 10.8 Å². The fraction of sp³-hybridized carbons (Fsp3) is 0.190. The number of anilines is 2. The minimum Gasteiger partial charge on any atom is -0.493 e. The van der Waals surface area contributed by atoms with E-state index in [2.05, 4.69) is 22.8 Å². The molecule has 0 aromatic heterocycles. The highest BCUT2D eigenvalue weighted by Gasteiger charge is 2.38. The summed E-state index contributed by atoms with van der Waals surface area (Å²) in [5.74, 6) is 0.608. The number of carboxylic acid groups (broad SMARTS) is 1. The number of thioether (sulfide) groups is 1. The Morgan fingerprint density at radius 3 is 2.33 bits per heavy atom. The second kappa shape index (κ2) is 7.40. The quantitative estimate of drug-likeness (QED) is 0.520. The summed E-state index contributed by atoms with van der Waals surface area (Å²) in [6.07, 6.45) is -0.0394. The van der Waals surface area contributed by atoms with Crippen molar-refractivity contribution in [3.05, 3.63) is 66.7 Å². The molecule has 0 fully saturated rings. The zero-order valence-electron chi connectivity index (χ0n) is 14.6. The van der Waals surface area contributed by atoms with Crippen LogP contribution in [0.2, 0.25) is 0 Å². The first-order valence-corrected chi connectivity index (χ1v) is 9.75.